The number of hydrogen-bond acceptors (Lipinski definition) is 3. The zero-order chi connectivity index (χ0) is 19.8. The third kappa shape index (κ3) is 2.95. The van der Waals surface area contributed by atoms with Gasteiger partial charge in [0.05, 0.1) is 11.6 Å². The van der Waals surface area contributed by atoms with Crippen molar-refractivity contribution < 1.29 is 4.79 Å². The summed E-state index contributed by atoms with van der Waals surface area (Å²) in [6.07, 6.45) is 7.97. The second-order valence-corrected chi connectivity index (χ2v) is 7.39. The molecule has 6 nitrogen and oxygen atoms in total. The lowest BCUT2D eigenvalue weighted by Crippen LogP contribution is -2.34. The van der Waals surface area contributed by atoms with Gasteiger partial charge in [-0.1, -0.05) is 12.1 Å². The largest absolute Gasteiger partial charge is 0.354 e. The van der Waals surface area contributed by atoms with E-state index in [0.29, 0.717) is 23.0 Å². The number of H-pyrrole nitrogens is 1. The van der Waals surface area contributed by atoms with E-state index in [-0.39, 0.29) is 17.5 Å². The van der Waals surface area contributed by atoms with Crippen LogP contribution in [0.2, 0.25) is 0 Å². The fourth-order valence-electron chi connectivity index (χ4n) is 4.16. The van der Waals surface area contributed by atoms with Gasteiger partial charge in [0, 0.05) is 42.8 Å². The zero-order valence-corrected chi connectivity index (χ0v) is 16.2. The van der Waals surface area contributed by atoms with Crippen molar-refractivity contribution in [2.45, 2.75) is 38.8 Å². The van der Waals surface area contributed by atoms with Crippen molar-refractivity contribution >= 4 is 16.8 Å². The Kier molecular flexibility index (Phi) is 4.63. The van der Waals surface area contributed by atoms with Gasteiger partial charge in [-0.15, -0.1) is 6.58 Å². The molecule has 1 atom stereocenters. The molecule has 0 saturated carbocycles. The smallest absolute Gasteiger partial charge is 0.275 e. The molecule has 0 aliphatic heterocycles. The van der Waals surface area contributed by atoms with Gasteiger partial charge >= 0.3 is 0 Å². The Bertz CT molecular complexity index is 1130. The van der Waals surface area contributed by atoms with Gasteiger partial charge in [-0.2, -0.15) is 0 Å². The first-order chi connectivity index (χ1) is 13.5. The van der Waals surface area contributed by atoms with Gasteiger partial charge in [0.1, 0.15) is 5.52 Å². The van der Waals surface area contributed by atoms with E-state index in [2.05, 4.69) is 22.6 Å². The van der Waals surface area contributed by atoms with Crippen LogP contribution >= 0.6 is 0 Å². The van der Waals surface area contributed by atoms with E-state index in [1.54, 1.807) is 23.4 Å². The van der Waals surface area contributed by atoms with Gasteiger partial charge < -0.3 is 14.5 Å². The number of hydrogen-bond donors (Lipinski definition) is 1. The number of fused-ring (bicyclic) bond motifs is 2. The highest BCUT2D eigenvalue weighted by atomic mass is 16.2. The average Bonchev–Trinajstić information content (AvgIpc) is 3.10. The van der Waals surface area contributed by atoms with Crippen LogP contribution in [-0.2, 0) is 13.0 Å². The number of allylic oxidation sites excluding steroid dienone is 1. The Labute approximate surface area is 163 Å². The fraction of sp³-hybridized carbons (Fsp3) is 0.318. The zero-order valence-electron chi connectivity index (χ0n) is 16.2. The normalized spacial score (nSPS) is 16.0. The summed E-state index contributed by atoms with van der Waals surface area (Å²) in [5, 5.41) is 0.668. The standard InChI is InChI=1S/C22H24N4O2/c1-4-11-26-13-17(16-12-14(2)24-20(16)22(26)28)21(27)25(3)19-9-5-8-18-15(19)7-6-10-23-18/h4,6-7,10,12-13,19,24H,1,5,8-9,11H2,2-3H3. The van der Waals surface area contributed by atoms with Gasteiger partial charge in [-0.3, -0.25) is 14.6 Å². The lowest BCUT2D eigenvalue weighted by Gasteiger charge is -2.33. The molecule has 1 aliphatic rings. The topological polar surface area (TPSA) is 71.0 Å². The quantitative estimate of drug-likeness (QED) is 0.710. The van der Waals surface area contributed by atoms with Crippen molar-refractivity contribution in [3.05, 3.63) is 76.1 Å². The van der Waals surface area contributed by atoms with E-state index in [1.165, 1.54) is 4.57 Å². The summed E-state index contributed by atoms with van der Waals surface area (Å²) in [7, 11) is 1.84. The van der Waals surface area contributed by atoms with Crippen LogP contribution < -0.4 is 5.56 Å². The summed E-state index contributed by atoms with van der Waals surface area (Å²) in [4.78, 5) is 35.6. The molecule has 0 radical (unpaired) electrons. The highest BCUT2D eigenvalue weighted by Gasteiger charge is 2.29. The number of rotatable bonds is 4. The molecule has 4 rings (SSSR count). The Balaban J connectivity index is 1.80. The second kappa shape index (κ2) is 7.11. The van der Waals surface area contributed by atoms with Crippen LogP contribution in [0.1, 0.15) is 46.2 Å². The molecule has 3 heterocycles. The number of carbonyl (C=O) groups excluding carboxylic acids is 1. The molecule has 1 amide bonds. The molecule has 28 heavy (non-hydrogen) atoms. The number of pyridine rings is 2. The third-order valence-corrected chi connectivity index (χ3v) is 5.52. The van der Waals surface area contributed by atoms with Crippen molar-refractivity contribution in [1.82, 2.24) is 19.4 Å². The maximum absolute atomic E-state index is 13.5. The summed E-state index contributed by atoms with van der Waals surface area (Å²) in [5.74, 6) is -0.0940. The average molecular weight is 376 g/mol. The Hall–Kier alpha value is -3.15. The Morgan fingerprint density at radius 2 is 2.32 bits per heavy atom. The minimum absolute atomic E-state index is 0.0141. The van der Waals surface area contributed by atoms with Crippen LogP contribution in [0.5, 0.6) is 0 Å². The summed E-state index contributed by atoms with van der Waals surface area (Å²) in [6, 6.07) is 5.84. The molecule has 1 aliphatic carbocycles. The number of nitrogens with one attached hydrogen (secondary N) is 1. The van der Waals surface area contributed by atoms with Gasteiger partial charge in [0.15, 0.2) is 0 Å². The minimum Gasteiger partial charge on any atom is -0.354 e. The van der Waals surface area contributed by atoms with Crippen molar-refractivity contribution in [2.75, 3.05) is 7.05 Å². The van der Waals surface area contributed by atoms with E-state index in [1.807, 2.05) is 26.1 Å². The summed E-state index contributed by atoms with van der Waals surface area (Å²) < 4.78 is 1.53. The first-order valence-electron chi connectivity index (χ1n) is 9.56. The lowest BCUT2D eigenvalue weighted by atomic mass is 9.90. The van der Waals surface area contributed by atoms with Gasteiger partial charge in [-0.05, 0) is 43.9 Å². The molecule has 0 bridgehead atoms. The van der Waals surface area contributed by atoms with Crippen LogP contribution in [0.3, 0.4) is 0 Å². The molecule has 6 heteroatoms. The molecule has 0 spiro atoms. The molecular formula is C22H24N4O2. The molecule has 144 valence electrons. The van der Waals surface area contributed by atoms with E-state index in [0.717, 1.165) is 36.2 Å². The highest BCUT2D eigenvalue weighted by Crippen LogP contribution is 2.33. The Morgan fingerprint density at radius 3 is 3.11 bits per heavy atom. The third-order valence-electron chi connectivity index (χ3n) is 5.52. The fourth-order valence-corrected chi connectivity index (χ4v) is 4.16. The molecule has 0 saturated heterocycles. The number of aromatic nitrogens is 3. The second-order valence-electron chi connectivity index (χ2n) is 7.39. The predicted octanol–water partition coefficient (Wildman–Crippen LogP) is 3.37. The van der Waals surface area contributed by atoms with Crippen LogP contribution in [0.4, 0.5) is 0 Å². The number of carbonyl (C=O) groups is 1. The maximum atomic E-state index is 13.5. The van der Waals surface area contributed by atoms with Crippen LogP contribution in [0.15, 0.2) is 48.0 Å². The van der Waals surface area contributed by atoms with Crippen LogP contribution in [0.25, 0.3) is 10.9 Å². The first kappa shape index (κ1) is 18.2. The van der Waals surface area contributed by atoms with Gasteiger partial charge in [-0.25, -0.2) is 0 Å². The first-order valence-corrected chi connectivity index (χ1v) is 9.56. The van der Waals surface area contributed by atoms with Crippen molar-refractivity contribution in [3.63, 3.8) is 0 Å². The minimum atomic E-state index is -0.144. The van der Waals surface area contributed by atoms with E-state index >= 15 is 0 Å². The van der Waals surface area contributed by atoms with Crippen molar-refractivity contribution in [2.24, 2.45) is 0 Å². The molecule has 3 aromatic rings. The Morgan fingerprint density at radius 1 is 1.50 bits per heavy atom. The SMILES string of the molecule is C=CCn1cc(C(=O)N(C)C2CCCc3ncccc32)c2cc(C)[nH]c2c1=O. The lowest BCUT2D eigenvalue weighted by molar-refractivity contribution is 0.0715. The van der Waals surface area contributed by atoms with Crippen molar-refractivity contribution in [1.29, 1.82) is 0 Å². The molecule has 3 aromatic heterocycles. The van der Waals surface area contributed by atoms with Crippen molar-refractivity contribution in [3.8, 4) is 0 Å². The number of amides is 1. The summed E-state index contributed by atoms with van der Waals surface area (Å²) >= 11 is 0. The molecule has 0 fully saturated rings. The molecule has 1 unspecified atom stereocenters. The maximum Gasteiger partial charge on any atom is 0.275 e. The van der Waals surface area contributed by atoms with Crippen LogP contribution in [0, 0.1) is 6.92 Å². The van der Waals surface area contributed by atoms with E-state index in [9.17, 15) is 9.59 Å². The molecule has 0 aromatic carbocycles. The number of aryl methyl sites for hydroxylation is 2. The summed E-state index contributed by atoms with van der Waals surface area (Å²) in [5.41, 5.74) is 3.88. The number of aromatic amines is 1. The molecular weight excluding hydrogens is 352 g/mol. The predicted molar refractivity (Wildman–Crippen MR) is 110 cm³/mol. The summed E-state index contributed by atoms with van der Waals surface area (Å²) in [6.45, 7) is 5.96. The van der Waals surface area contributed by atoms with Gasteiger partial charge in [0.25, 0.3) is 11.5 Å². The monoisotopic (exact) mass is 376 g/mol. The molecule has 1 N–H and O–H groups in total. The highest BCUT2D eigenvalue weighted by molar-refractivity contribution is 6.06. The van der Waals surface area contributed by atoms with E-state index in [4.69, 9.17) is 0 Å². The van der Waals surface area contributed by atoms with Crippen LogP contribution in [-0.4, -0.2) is 32.4 Å². The number of nitrogens with zero attached hydrogens (tertiary/aromatic N) is 3. The van der Waals surface area contributed by atoms with E-state index < -0.39 is 0 Å². The van der Waals surface area contributed by atoms with Gasteiger partial charge in [0.2, 0.25) is 0 Å².